The van der Waals surface area contributed by atoms with Gasteiger partial charge in [0.2, 0.25) is 11.7 Å². The van der Waals surface area contributed by atoms with Gasteiger partial charge in [0.15, 0.2) is 11.5 Å². The molecule has 162 valence electrons. The van der Waals surface area contributed by atoms with E-state index in [1.807, 2.05) is 12.2 Å². The maximum atomic E-state index is 13.2. The SMILES string of the molecule is COc1cc(C(=O)NC2C/C=C\CC3CCC(C(=O)O)N3C2=O)cc(OC)c1OC. The topological polar surface area (TPSA) is 114 Å². The lowest BCUT2D eigenvalue weighted by molar-refractivity contribution is -0.150. The van der Waals surface area contributed by atoms with Gasteiger partial charge in [0, 0.05) is 11.6 Å². The Kier molecular flexibility index (Phi) is 6.49. The van der Waals surface area contributed by atoms with Gasteiger partial charge in [0.1, 0.15) is 12.1 Å². The van der Waals surface area contributed by atoms with Crippen LogP contribution in [0.15, 0.2) is 24.3 Å². The minimum Gasteiger partial charge on any atom is -0.493 e. The molecule has 2 amide bonds. The number of amides is 2. The molecular weight excluding hydrogens is 392 g/mol. The Morgan fingerprint density at radius 3 is 2.23 bits per heavy atom. The van der Waals surface area contributed by atoms with Gasteiger partial charge in [-0.2, -0.15) is 0 Å². The fourth-order valence-corrected chi connectivity index (χ4v) is 4.03. The zero-order valence-corrected chi connectivity index (χ0v) is 17.2. The minimum atomic E-state index is -1.02. The number of hydrogen-bond acceptors (Lipinski definition) is 6. The number of nitrogens with one attached hydrogen (secondary N) is 1. The van der Waals surface area contributed by atoms with Crippen molar-refractivity contribution in [3.05, 3.63) is 29.8 Å². The fourth-order valence-electron chi connectivity index (χ4n) is 4.03. The Labute approximate surface area is 174 Å². The lowest BCUT2D eigenvalue weighted by Crippen LogP contribution is -2.54. The van der Waals surface area contributed by atoms with Gasteiger partial charge in [-0.15, -0.1) is 0 Å². The normalized spacial score (nSPS) is 24.3. The van der Waals surface area contributed by atoms with Crippen LogP contribution >= 0.6 is 0 Å². The molecule has 0 aromatic heterocycles. The van der Waals surface area contributed by atoms with Crippen LogP contribution in [0.2, 0.25) is 0 Å². The zero-order valence-electron chi connectivity index (χ0n) is 17.2. The van der Waals surface area contributed by atoms with E-state index in [1.165, 1.54) is 38.4 Å². The van der Waals surface area contributed by atoms with Crippen molar-refractivity contribution in [2.24, 2.45) is 0 Å². The van der Waals surface area contributed by atoms with E-state index >= 15 is 0 Å². The van der Waals surface area contributed by atoms with Crippen LogP contribution < -0.4 is 19.5 Å². The highest BCUT2D eigenvalue weighted by Crippen LogP contribution is 2.38. The lowest BCUT2D eigenvalue weighted by Gasteiger charge is -2.32. The summed E-state index contributed by atoms with van der Waals surface area (Å²) in [4.78, 5) is 39.1. The molecule has 30 heavy (non-hydrogen) atoms. The first kappa shape index (κ1) is 21.5. The third-order valence-electron chi connectivity index (χ3n) is 5.52. The molecule has 1 aromatic rings. The molecule has 1 aromatic carbocycles. The average molecular weight is 418 g/mol. The maximum Gasteiger partial charge on any atom is 0.326 e. The summed E-state index contributed by atoms with van der Waals surface area (Å²) < 4.78 is 15.8. The Hall–Kier alpha value is -3.23. The van der Waals surface area contributed by atoms with E-state index in [1.54, 1.807) is 0 Å². The van der Waals surface area contributed by atoms with Gasteiger partial charge in [-0.05, 0) is 37.8 Å². The van der Waals surface area contributed by atoms with Gasteiger partial charge in [-0.1, -0.05) is 12.2 Å². The highest BCUT2D eigenvalue weighted by atomic mass is 16.5. The number of ether oxygens (including phenoxy) is 3. The van der Waals surface area contributed by atoms with Crippen molar-refractivity contribution in [3.63, 3.8) is 0 Å². The van der Waals surface area contributed by atoms with E-state index in [-0.39, 0.29) is 23.9 Å². The van der Waals surface area contributed by atoms with Crippen LogP contribution in [0.5, 0.6) is 17.2 Å². The molecule has 3 unspecified atom stereocenters. The summed E-state index contributed by atoms with van der Waals surface area (Å²) in [5.41, 5.74) is 0.232. The summed E-state index contributed by atoms with van der Waals surface area (Å²) in [6.07, 6.45) is 5.72. The third-order valence-corrected chi connectivity index (χ3v) is 5.52. The molecular formula is C21H26N2O7. The monoisotopic (exact) mass is 418 g/mol. The minimum absolute atomic E-state index is 0.171. The van der Waals surface area contributed by atoms with Crippen LogP contribution in [0.1, 0.15) is 36.0 Å². The first-order valence-electron chi connectivity index (χ1n) is 9.72. The number of rotatable bonds is 6. The number of carbonyl (C=O) groups is 3. The average Bonchev–Trinajstić information content (AvgIpc) is 3.16. The van der Waals surface area contributed by atoms with E-state index in [0.717, 1.165) is 0 Å². The molecule has 1 saturated heterocycles. The van der Waals surface area contributed by atoms with Crippen molar-refractivity contribution < 1.29 is 33.7 Å². The Bertz CT molecular complexity index is 842. The number of aliphatic carboxylic acids is 1. The summed E-state index contributed by atoms with van der Waals surface area (Å²) in [5.74, 6) is -0.914. The second kappa shape index (κ2) is 9.06. The molecule has 2 heterocycles. The Balaban J connectivity index is 1.86. The van der Waals surface area contributed by atoms with Crippen LogP contribution in [-0.4, -0.2) is 67.2 Å². The summed E-state index contributed by atoms with van der Waals surface area (Å²) >= 11 is 0. The fraction of sp³-hybridized carbons (Fsp3) is 0.476. The van der Waals surface area contributed by atoms with E-state index < -0.39 is 24.0 Å². The highest BCUT2D eigenvalue weighted by Gasteiger charge is 2.43. The molecule has 9 nitrogen and oxygen atoms in total. The standard InChI is InChI=1S/C21H26N2O7/c1-28-16-10-12(11-17(29-2)18(16)30-3)19(24)22-14-7-5-4-6-13-8-9-15(21(26)27)23(13)20(14)25/h4-5,10-11,13-15H,6-9H2,1-3H3,(H,22,24)(H,26,27)/b5-4-. The first-order valence-corrected chi connectivity index (χ1v) is 9.72. The molecule has 2 aliphatic heterocycles. The summed E-state index contributed by atoms with van der Waals surface area (Å²) in [5, 5.41) is 12.2. The summed E-state index contributed by atoms with van der Waals surface area (Å²) in [7, 11) is 4.36. The number of fused-ring (bicyclic) bond motifs is 1. The second-order valence-corrected chi connectivity index (χ2v) is 7.21. The van der Waals surface area contributed by atoms with Crippen LogP contribution in [0.4, 0.5) is 0 Å². The lowest BCUT2D eigenvalue weighted by atomic mass is 10.0. The molecule has 3 rings (SSSR count). The molecule has 0 spiro atoms. The van der Waals surface area contributed by atoms with E-state index in [9.17, 15) is 19.5 Å². The molecule has 0 aliphatic carbocycles. The Morgan fingerprint density at radius 1 is 1.03 bits per heavy atom. The number of carbonyl (C=O) groups excluding carboxylic acids is 2. The van der Waals surface area contributed by atoms with Crippen molar-refractivity contribution in [2.75, 3.05) is 21.3 Å². The largest absolute Gasteiger partial charge is 0.493 e. The molecule has 0 radical (unpaired) electrons. The number of benzene rings is 1. The van der Waals surface area contributed by atoms with Gasteiger partial charge in [-0.3, -0.25) is 9.59 Å². The first-order chi connectivity index (χ1) is 14.4. The van der Waals surface area contributed by atoms with Gasteiger partial charge in [-0.25, -0.2) is 4.79 Å². The smallest absolute Gasteiger partial charge is 0.326 e. The number of nitrogens with zero attached hydrogens (tertiary/aromatic N) is 1. The van der Waals surface area contributed by atoms with Crippen LogP contribution in [-0.2, 0) is 9.59 Å². The zero-order chi connectivity index (χ0) is 21.8. The van der Waals surface area contributed by atoms with Gasteiger partial charge < -0.3 is 29.5 Å². The quantitative estimate of drug-likeness (QED) is 0.675. The van der Waals surface area contributed by atoms with E-state index in [2.05, 4.69) is 5.32 Å². The molecule has 2 aliphatic rings. The number of carboxylic acids is 1. The molecule has 2 N–H and O–H groups in total. The van der Waals surface area contributed by atoms with Gasteiger partial charge in [0.25, 0.3) is 5.91 Å². The van der Waals surface area contributed by atoms with Gasteiger partial charge >= 0.3 is 5.97 Å². The third kappa shape index (κ3) is 4.05. The molecule has 9 heteroatoms. The molecule has 0 saturated carbocycles. The highest BCUT2D eigenvalue weighted by molar-refractivity contribution is 5.99. The number of methoxy groups -OCH3 is 3. The summed E-state index contributed by atoms with van der Waals surface area (Å²) in [6.45, 7) is 0. The number of carboxylic acid groups (broad SMARTS) is 1. The molecule has 0 bridgehead atoms. The van der Waals surface area contributed by atoms with Crippen molar-refractivity contribution in [1.82, 2.24) is 10.2 Å². The van der Waals surface area contributed by atoms with Crippen molar-refractivity contribution >= 4 is 17.8 Å². The van der Waals surface area contributed by atoms with Crippen LogP contribution in [0.3, 0.4) is 0 Å². The van der Waals surface area contributed by atoms with Crippen molar-refractivity contribution in [2.45, 2.75) is 43.8 Å². The number of hydrogen-bond donors (Lipinski definition) is 2. The predicted molar refractivity (Wildman–Crippen MR) is 107 cm³/mol. The van der Waals surface area contributed by atoms with E-state index in [4.69, 9.17) is 14.2 Å². The van der Waals surface area contributed by atoms with Crippen molar-refractivity contribution in [3.8, 4) is 17.2 Å². The van der Waals surface area contributed by atoms with Crippen LogP contribution in [0.25, 0.3) is 0 Å². The maximum absolute atomic E-state index is 13.2. The predicted octanol–water partition coefficient (Wildman–Crippen LogP) is 1.61. The van der Waals surface area contributed by atoms with E-state index in [0.29, 0.717) is 36.5 Å². The van der Waals surface area contributed by atoms with Crippen molar-refractivity contribution in [1.29, 1.82) is 0 Å². The molecule has 3 atom stereocenters. The second-order valence-electron chi connectivity index (χ2n) is 7.21. The Morgan fingerprint density at radius 2 is 1.67 bits per heavy atom. The summed E-state index contributed by atoms with van der Waals surface area (Å²) in [6, 6.07) is 1.10. The molecule has 1 fully saturated rings. The van der Waals surface area contributed by atoms with Crippen LogP contribution in [0, 0.1) is 0 Å². The van der Waals surface area contributed by atoms with Gasteiger partial charge in [0.05, 0.1) is 21.3 Å².